The van der Waals surface area contributed by atoms with Crippen LogP contribution in [0.25, 0.3) is 0 Å². The Balaban J connectivity index is 1.78. The zero-order valence-corrected chi connectivity index (χ0v) is 10.1. The summed E-state index contributed by atoms with van der Waals surface area (Å²) in [6.45, 7) is 8.10. The first-order valence-electron chi connectivity index (χ1n) is 5.10. The van der Waals surface area contributed by atoms with E-state index in [1.807, 2.05) is 10.8 Å². The molecule has 2 saturated heterocycles. The summed E-state index contributed by atoms with van der Waals surface area (Å²) in [5.74, 6) is 0. The molecule has 3 N–H and O–H groups in total. The Kier molecular flexibility index (Phi) is 3.98. The number of piperazine rings is 1. The molecular formula is C8H18N4S2. The van der Waals surface area contributed by atoms with Gasteiger partial charge in [0.05, 0.1) is 0 Å². The van der Waals surface area contributed by atoms with Gasteiger partial charge in [0.1, 0.15) is 11.0 Å². The van der Waals surface area contributed by atoms with Crippen molar-refractivity contribution in [3.63, 3.8) is 0 Å². The number of likely N-dealkylation sites (N-methyl/N-ethyl adjacent to an activating group) is 1. The lowest BCUT2D eigenvalue weighted by atomic mass is 10.3. The predicted molar refractivity (Wildman–Crippen MR) is 63.8 cm³/mol. The van der Waals surface area contributed by atoms with Gasteiger partial charge in [0.2, 0.25) is 0 Å². The van der Waals surface area contributed by atoms with E-state index in [9.17, 15) is 0 Å². The van der Waals surface area contributed by atoms with Gasteiger partial charge in [0.25, 0.3) is 0 Å². The minimum Gasteiger partial charge on any atom is -0.307 e. The molecule has 2 fully saturated rings. The molecule has 0 aliphatic carbocycles. The molecule has 0 spiro atoms. The molecule has 14 heavy (non-hydrogen) atoms. The van der Waals surface area contributed by atoms with Crippen LogP contribution < -0.4 is 11.1 Å². The molecule has 2 rings (SSSR count). The van der Waals surface area contributed by atoms with Gasteiger partial charge < -0.3 is 10.6 Å². The molecule has 2 unspecified atom stereocenters. The van der Waals surface area contributed by atoms with Gasteiger partial charge in [-0.05, 0) is 6.54 Å². The number of hydrogen-bond donors (Lipinski definition) is 2. The predicted octanol–water partition coefficient (Wildman–Crippen LogP) is 0.134. The standard InChI is InChI=1S/C8H18N4S2/c1-2-11-3-5-12(6-4-11)8-10-7(9)13-14-8/h7-8,10H,2-6,9H2,1H3. The molecule has 0 radical (unpaired) electrons. The van der Waals surface area contributed by atoms with E-state index in [0.717, 1.165) is 13.1 Å². The minimum atomic E-state index is 0.106. The lowest BCUT2D eigenvalue weighted by Gasteiger charge is -2.36. The summed E-state index contributed by atoms with van der Waals surface area (Å²) in [4.78, 5) is 4.97. The van der Waals surface area contributed by atoms with Crippen molar-refractivity contribution in [2.75, 3.05) is 32.7 Å². The first-order valence-corrected chi connectivity index (χ1v) is 7.37. The van der Waals surface area contributed by atoms with Crippen molar-refractivity contribution in [3.8, 4) is 0 Å². The summed E-state index contributed by atoms with van der Waals surface area (Å²) in [6.07, 6.45) is 0. The van der Waals surface area contributed by atoms with Crippen molar-refractivity contribution in [2.24, 2.45) is 5.73 Å². The zero-order valence-electron chi connectivity index (χ0n) is 8.48. The van der Waals surface area contributed by atoms with E-state index in [0.29, 0.717) is 5.50 Å². The second-order valence-corrected chi connectivity index (χ2v) is 6.10. The van der Waals surface area contributed by atoms with Crippen LogP contribution in [0.5, 0.6) is 0 Å². The van der Waals surface area contributed by atoms with Crippen molar-refractivity contribution in [3.05, 3.63) is 0 Å². The Labute approximate surface area is 93.3 Å². The van der Waals surface area contributed by atoms with Gasteiger partial charge >= 0.3 is 0 Å². The summed E-state index contributed by atoms with van der Waals surface area (Å²) in [6, 6.07) is 0. The fourth-order valence-electron chi connectivity index (χ4n) is 1.79. The highest BCUT2D eigenvalue weighted by molar-refractivity contribution is 8.77. The Hall–Kier alpha value is 0.540. The lowest BCUT2D eigenvalue weighted by Crippen LogP contribution is -2.53. The number of nitrogens with two attached hydrogens (primary N) is 1. The van der Waals surface area contributed by atoms with E-state index in [1.54, 1.807) is 10.8 Å². The number of rotatable bonds is 2. The van der Waals surface area contributed by atoms with E-state index in [-0.39, 0.29) is 5.50 Å². The summed E-state index contributed by atoms with van der Waals surface area (Å²) in [5, 5.41) is 3.37. The molecule has 4 nitrogen and oxygen atoms in total. The first kappa shape index (κ1) is 11.0. The Morgan fingerprint density at radius 3 is 2.50 bits per heavy atom. The molecule has 6 heteroatoms. The molecule has 2 aliphatic heterocycles. The maximum absolute atomic E-state index is 5.78. The van der Waals surface area contributed by atoms with Crippen molar-refractivity contribution in [1.29, 1.82) is 0 Å². The topological polar surface area (TPSA) is 44.5 Å². The Morgan fingerprint density at radius 1 is 1.29 bits per heavy atom. The monoisotopic (exact) mass is 234 g/mol. The van der Waals surface area contributed by atoms with E-state index in [2.05, 4.69) is 22.0 Å². The van der Waals surface area contributed by atoms with Gasteiger partial charge in [-0.3, -0.25) is 10.2 Å². The van der Waals surface area contributed by atoms with Gasteiger partial charge in [-0.15, -0.1) is 0 Å². The normalized spacial score (nSPS) is 36.4. The smallest absolute Gasteiger partial charge is 0.120 e. The summed E-state index contributed by atoms with van der Waals surface area (Å²) in [5.41, 5.74) is 6.31. The van der Waals surface area contributed by atoms with Crippen LogP contribution in [0, 0.1) is 0 Å². The summed E-state index contributed by atoms with van der Waals surface area (Å²) >= 11 is 0. The summed E-state index contributed by atoms with van der Waals surface area (Å²) < 4.78 is 0. The molecule has 82 valence electrons. The van der Waals surface area contributed by atoms with Crippen LogP contribution in [0.15, 0.2) is 0 Å². The van der Waals surface area contributed by atoms with Crippen LogP contribution in [0.3, 0.4) is 0 Å². The van der Waals surface area contributed by atoms with E-state index >= 15 is 0 Å². The molecule has 2 atom stereocenters. The highest BCUT2D eigenvalue weighted by Gasteiger charge is 2.29. The molecule has 0 aromatic rings. The van der Waals surface area contributed by atoms with Gasteiger partial charge in [-0.2, -0.15) is 0 Å². The largest absolute Gasteiger partial charge is 0.307 e. The molecule has 0 aromatic carbocycles. The second-order valence-electron chi connectivity index (χ2n) is 3.60. The second kappa shape index (κ2) is 5.05. The van der Waals surface area contributed by atoms with E-state index < -0.39 is 0 Å². The van der Waals surface area contributed by atoms with E-state index in [4.69, 9.17) is 5.73 Å². The molecule has 0 amide bonds. The van der Waals surface area contributed by atoms with E-state index in [1.165, 1.54) is 19.6 Å². The van der Waals surface area contributed by atoms with Gasteiger partial charge in [-0.25, -0.2) is 0 Å². The van der Waals surface area contributed by atoms with Crippen molar-refractivity contribution < 1.29 is 0 Å². The minimum absolute atomic E-state index is 0.106. The van der Waals surface area contributed by atoms with Crippen LogP contribution in [0.1, 0.15) is 6.92 Å². The highest BCUT2D eigenvalue weighted by Crippen LogP contribution is 2.35. The maximum Gasteiger partial charge on any atom is 0.120 e. The van der Waals surface area contributed by atoms with Crippen molar-refractivity contribution in [2.45, 2.75) is 17.9 Å². The Morgan fingerprint density at radius 2 is 2.00 bits per heavy atom. The fraction of sp³-hybridized carbons (Fsp3) is 1.00. The first-order chi connectivity index (χ1) is 6.79. The zero-order chi connectivity index (χ0) is 9.97. The van der Waals surface area contributed by atoms with Crippen LogP contribution in [-0.2, 0) is 0 Å². The van der Waals surface area contributed by atoms with Crippen LogP contribution >= 0.6 is 21.6 Å². The van der Waals surface area contributed by atoms with Crippen LogP contribution in [-0.4, -0.2) is 53.5 Å². The number of nitrogens with zero attached hydrogens (tertiary/aromatic N) is 2. The van der Waals surface area contributed by atoms with Crippen molar-refractivity contribution >= 4 is 21.6 Å². The quantitative estimate of drug-likeness (QED) is 0.663. The molecule has 2 aliphatic rings. The highest BCUT2D eigenvalue weighted by atomic mass is 33.1. The fourth-order valence-corrected chi connectivity index (χ4v) is 4.19. The third kappa shape index (κ3) is 2.56. The molecule has 0 saturated carbocycles. The van der Waals surface area contributed by atoms with Gasteiger partial charge in [0, 0.05) is 26.2 Å². The number of nitrogens with one attached hydrogen (secondary N) is 1. The third-order valence-electron chi connectivity index (χ3n) is 2.74. The molecule has 2 heterocycles. The summed E-state index contributed by atoms with van der Waals surface area (Å²) in [7, 11) is 3.59. The van der Waals surface area contributed by atoms with Gasteiger partial charge in [0.15, 0.2) is 0 Å². The third-order valence-corrected chi connectivity index (χ3v) is 5.32. The molecule has 0 aromatic heterocycles. The average Bonchev–Trinajstić information content (AvgIpc) is 2.65. The average molecular weight is 234 g/mol. The molecule has 0 bridgehead atoms. The Bertz CT molecular complexity index is 184. The SMILES string of the molecule is CCN1CCN(C2NC(N)SS2)CC1. The van der Waals surface area contributed by atoms with Crippen LogP contribution in [0.2, 0.25) is 0 Å². The number of hydrogen-bond acceptors (Lipinski definition) is 6. The molecular weight excluding hydrogens is 216 g/mol. The van der Waals surface area contributed by atoms with Crippen LogP contribution in [0.4, 0.5) is 0 Å². The van der Waals surface area contributed by atoms with Crippen molar-refractivity contribution in [1.82, 2.24) is 15.1 Å². The van der Waals surface area contributed by atoms with Gasteiger partial charge in [-0.1, -0.05) is 28.5 Å². The lowest BCUT2D eigenvalue weighted by molar-refractivity contribution is 0.118. The maximum atomic E-state index is 5.78.